The van der Waals surface area contributed by atoms with Gasteiger partial charge in [-0.2, -0.15) is 0 Å². The lowest BCUT2D eigenvalue weighted by atomic mass is 10.2. The third-order valence-corrected chi connectivity index (χ3v) is 2.77. The minimum Gasteiger partial charge on any atom is -0.395 e. The number of hydrogen-bond acceptors (Lipinski definition) is 4. The van der Waals surface area contributed by atoms with Gasteiger partial charge in [0.1, 0.15) is 0 Å². The summed E-state index contributed by atoms with van der Waals surface area (Å²) in [5.74, 6) is 0. The maximum atomic E-state index is 8.69. The number of aromatic nitrogens is 1. The Kier molecular flexibility index (Phi) is 6.00. The van der Waals surface area contributed by atoms with E-state index in [9.17, 15) is 0 Å². The molecule has 4 heteroatoms. The van der Waals surface area contributed by atoms with E-state index in [4.69, 9.17) is 10.2 Å². The van der Waals surface area contributed by atoms with Crippen molar-refractivity contribution >= 4 is 0 Å². The summed E-state index contributed by atoms with van der Waals surface area (Å²) < 4.78 is 0. The van der Waals surface area contributed by atoms with Crippen LogP contribution in [0.4, 0.5) is 0 Å². The molecule has 4 nitrogen and oxygen atoms in total. The Morgan fingerprint density at radius 1 is 1.44 bits per heavy atom. The zero-order valence-corrected chi connectivity index (χ0v) is 9.71. The van der Waals surface area contributed by atoms with Crippen LogP contribution in [0.5, 0.6) is 0 Å². The van der Waals surface area contributed by atoms with Crippen molar-refractivity contribution in [3.63, 3.8) is 0 Å². The molecule has 0 saturated carbocycles. The van der Waals surface area contributed by atoms with E-state index in [0.717, 1.165) is 6.54 Å². The highest BCUT2D eigenvalue weighted by atomic mass is 16.3. The van der Waals surface area contributed by atoms with Crippen LogP contribution in [0.2, 0.25) is 0 Å². The molecule has 0 amide bonds. The number of pyridine rings is 1. The second-order valence-corrected chi connectivity index (χ2v) is 3.94. The fourth-order valence-electron chi connectivity index (χ4n) is 1.70. The van der Waals surface area contributed by atoms with Crippen molar-refractivity contribution in [2.75, 3.05) is 20.2 Å². The average Bonchev–Trinajstić information content (AvgIpc) is 2.76. The Labute approximate surface area is 96.6 Å². The molecule has 0 aromatic carbocycles. The summed E-state index contributed by atoms with van der Waals surface area (Å²) in [6.07, 6.45) is 4.08. The van der Waals surface area contributed by atoms with Crippen LogP contribution in [0, 0.1) is 0 Å². The van der Waals surface area contributed by atoms with Crippen LogP contribution in [0.3, 0.4) is 0 Å². The lowest BCUT2D eigenvalue weighted by Crippen LogP contribution is -2.27. The Morgan fingerprint density at radius 2 is 2.25 bits per heavy atom. The first-order valence-corrected chi connectivity index (χ1v) is 5.59. The van der Waals surface area contributed by atoms with Gasteiger partial charge in [0.2, 0.25) is 0 Å². The predicted octanol–water partition coefficient (Wildman–Crippen LogP) is 0.647. The predicted molar refractivity (Wildman–Crippen MR) is 62.9 cm³/mol. The molecule has 0 spiro atoms. The lowest BCUT2D eigenvalue weighted by Gasteiger charge is -2.15. The molecule has 2 heterocycles. The molecule has 1 aliphatic heterocycles. The quantitative estimate of drug-likeness (QED) is 0.774. The molecule has 16 heavy (non-hydrogen) atoms. The minimum absolute atomic E-state index is 0.0286. The number of rotatable bonds is 2. The van der Waals surface area contributed by atoms with Gasteiger partial charge in [0.15, 0.2) is 0 Å². The maximum absolute atomic E-state index is 8.69. The summed E-state index contributed by atoms with van der Waals surface area (Å²) in [5.41, 5.74) is 0.715. The van der Waals surface area contributed by atoms with Crippen LogP contribution in [0.1, 0.15) is 18.5 Å². The lowest BCUT2D eigenvalue weighted by molar-refractivity contribution is 0.182. The smallest absolute Gasteiger partial charge is 0.0852 e. The number of nitrogens with zero attached hydrogens (tertiary/aromatic N) is 2. The molecule has 2 rings (SSSR count). The molecule has 1 unspecified atom stereocenters. The van der Waals surface area contributed by atoms with Crippen LogP contribution >= 0.6 is 0 Å². The molecule has 0 bridgehead atoms. The highest BCUT2D eigenvalue weighted by Crippen LogP contribution is 2.12. The molecule has 2 N–H and O–H groups in total. The summed E-state index contributed by atoms with van der Waals surface area (Å²) in [6.45, 7) is 1.52. The Morgan fingerprint density at radius 3 is 2.56 bits per heavy atom. The second-order valence-electron chi connectivity index (χ2n) is 3.94. The van der Waals surface area contributed by atoms with E-state index in [1.807, 2.05) is 12.1 Å². The number of likely N-dealkylation sites (N-methyl/N-ethyl adjacent to an activating group) is 1. The normalized spacial score (nSPS) is 20.3. The van der Waals surface area contributed by atoms with Crippen molar-refractivity contribution in [1.29, 1.82) is 0 Å². The molecule has 1 aliphatic rings. The zero-order chi connectivity index (χ0) is 11.8. The van der Waals surface area contributed by atoms with Gasteiger partial charge in [-0.05, 0) is 38.6 Å². The van der Waals surface area contributed by atoms with Gasteiger partial charge in [0.25, 0.3) is 0 Å². The molecule has 1 fully saturated rings. The zero-order valence-electron chi connectivity index (χ0n) is 9.71. The number of aliphatic hydroxyl groups is 2. The molecule has 0 aliphatic carbocycles. The highest BCUT2D eigenvalue weighted by Gasteiger charge is 2.18. The van der Waals surface area contributed by atoms with E-state index in [1.165, 1.54) is 12.8 Å². The van der Waals surface area contributed by atoms with Gasteiger partial charge in [-0.3, -0.25) is 4.98 Å². The van der Waals surface area contributed by atoms with Crippen molar-refractivity contribution in [3.8, 4) is 0 Å². The molecule has 90 valence electrons. The van der Waals surface area contributed by atoms with Crippen molar-refractivity contribution in [2.24, 2.45) is 0 Å². The van der Waals surface area contributed by atoms with Crippen molar-refractivity contribution in [2.45, 2.75) is 25.5 Å². The van der Waals surface area contributed by atoms with Gasteiger partial charge in [0.05, 0.1) is 18.9 Å². The van der Waals surface area contributed by atoms with Gasteiger partial charge in [-0.25, -0.2) is 0 Å². The number of aliphatic hydroxyl groups excluding tert-OH is 2. The third kappa shape index (κ3) is 4.26. The van der Waals surface area contributed by atoms with E-state index in [2.05, 4.69) is 16.9 Å². The summed E-state index contributed by atoms with van der Waals surface area (Å²) in [7, 11) is 2.06. The van der Waals surface area contributed by atoms with Crippen molar-refractivity contribution in [3.05, 3.63) is 30.1 Å². The molecular formula is C12H20N2O2. The first-order chi connectivity index (χ1) is 7.77. The van der Waals surface area contributed by atoms with Gasteiger partial charge in [0, 0.05) is 12.2 Å². The largest absolute Gasteiger partial charge is 0.395 e. The van der Waals surface area contributed by atoms with E-state index >= 15 is 0 Å². The van der Waals surface area contributed by atoms with Crippen LogP contribution in [0.25, 0.3) is 0 Å². The number of likely N-dealkylation sites (tertiary alicyclic amines) is 1. The van der Waals surface area contributed by atoms with Crippen molar-refractivity contribution in [1.82, 2.24) is 9.88 Å². The molecule has 1 atom stereocenters. The first kappa shape index (κ1) is 13.1. The van der Waals surface area contributed by atoms with E-state index in [1.54, 1.807) is 12.3 Å². The Balaban J connectivity index is 0.000000160. The van der Waals surface area contributed by atoms with Crippen LogP contribution in [-0.2, 0) is 6.61 Å². The van der Waals surface area contributed by atoms with Crippen LogP contribution in [-0.4, -0.2) is 46.3 Å². The summed E-state index contributed by atoms with van der Waals surface area (Å²) >= 11 is 0. The Hall–Kier alpha value is -0.970. The molecule has 1 saturated heterocycles. The van der Waals surface area contributed by atoms with Gasteiger partial charge < -0.3 is 15.1 Å². The topological polar surface area (TPSA) is 56.6 Å². The third-order valence-electron chi connectivity index (χ3n) is 2.77. The van der Waals surface area contributed by atoms with E-state index in [0.29, 0.717) is 18.3 Å². The number of hydrogen-bond donors (Lipinski definition) is 2. The van der Waals surface area contributed by atoms with Crippen LogP contribution < -0.4 is 0 Å². The summed E-state index contributed by atoms with van der Waals surface area (Å²) in [5, 5.41) is 17.2. The van der Waals surface area contributed by atoms with E-state index in [-0.39, 0.29) is 6.61 Å². The van der Waals surface area contributed by atoms with Gasteiger partial charge in [-0.1, -0.05) is 6.07 Å². The fraction of sp³-hybridized carbons (Fsp3) is 0.583. The average molecular weight is 224 g/mol. The molecule has 0 radical (unpaired) electrons. The fourth-order valence-corrected chi connectivity index (χ4v) is 1.70. The molecule has 1 aromatic rings. The van der Waals surface area contributed by atoms with Gasteiger partial charge >= 0.3 is 0 Å². The summed E-state index contributed by atoms with van der Waals surface area (Å²) in [6, 6.07) is 5.90. The monoisotopic (exact) mass is 224 g/mol. The van der Waals surface area contributed by atoms with Gasteiger partial charge in [-0.15, -0.1) is 0 Å². The van der Waals surface area contributed by atoms with E-state index < -0.39 is 0 Å². The molecular weight excluding hydrogens is 204 g/mol. The van der Waals surface area contributed by atoms with Crippen LogP contribution in [0.15, 0.2) is 24.4 Å². The highest BCUT2D eigenvalue weighted by molar-refractivity contribution is 5.01. The SMILES string of the molecule is CN1CCCC1CO.OCc1ccccn1. The maximum Gasteiger partial charge on any atom is 0.0852 e. The standard InChI is InChI=1S/C6H13NO.C6H7NO/c1-7-4-2-3-6(7)5-8;8-5-6-3-1-2-4-7-6/h6,8H,2-5H2,1H3;1-4,8H,5H2. The summed E-state index contributed by atoms with van der Waals surface area (Å²) in [4.78, 5) is 6.06. The van der Waals surface area contributed by atoms with Crippen molar-refractivity contribution < 1.29 is 10.2 Å². The first-order valence-electron chi connectivity index (χ1n) is 5.59. The second kappa shape index (κ2) is 7.33. The Bertz CT molecular complexity index is 280. The minimum atomic E-state index is 0.0286. The molecule has 1 aromatic heterocycles.